The maximum Gasteiger partial charge on any atom is 0.330 e. The number of fused-ring (bicyclic) bond motifs is 3. The lowest BCUT2D eigenvalue weighted by Crippen LogP contribution is -2.50. The van der Waals surface area contributed by atoms with Crippen LogP contribution in [0.3, 0.4) is 0 Å². The van der Waals surface area contributed by atoms with Crippen LogP contribution in [0.4, 0.5) is 0 Å². The molecule has 5 atom stereocenters. The highest BCUT2D eigenvalue weighted by Crippen LogP contribution is 2.30. The van der Waals surface area contributed by atoms with E-state index in [1.807, 2.05) is 32.6 Å². The van der Waals surface area contributed by atoms with Crippen molar-refractivity contribution in [3.63, 3.8) is 0 Å². The van der Waals surface area contributed by atoms with Gasteiger partial charge in [0.2, 0.25) is 11.8 Å². The molecule has 1 aromatic heterocycles. The molecule has 2 bridgehead atoms. The molecule has 2 aliphatic rings. The molecule has 3 rings (SSSR count). The minimum atomic E-state index is -3.89. The van der Waals surface area contributed by atoms with Gasteiger partial charge in [-0.3, -0.25) is 14.4 Å². The Morgan fingerprint density at radius 3 is 2.53 bits per heavy atom. The molecule has 0 radical (unpaired) electrons. The molecule has 3 heterocycles. The first-order chi connectivity index (χ1) is 23.2. The molecule has 272 valence electrons. The lowest BCUT2D eigenvalue weighted by molar-refractivity contribution is -0.157. The molecule has 0 saturated carbocycles. The predicted octanol–water partition coefficient (Wildman–Crippen LogP) is 1.85. The fourth-order valence-corrected chi connectivity index (χ4v) is 7.79. The Labute approximate surface area is 288 Å². The molecule has 1 saturated heterocycles. The van der Waals surface area contributed by atoms with E-state index in [2.05, 4.69) is 10.3 Å². The summed E-state index contributed by atoms with van der Waals surface area (Å²) in [6, 6.07) is -1.46. The number of allylic oxidation sites excluding steroid dienone is 2. The minimum absolute atomic E-state index is 0.00971. The van der Waals surface area contributed by atoms with Crippen LogP contribution in [0.1, 0.15) is 64.3 Å². The number of amides is 2. The van der Waals surface area contributed by atoms with Crippen molar-refractivity contribution in [3.8, 4) is 0 Å². The van der Waals surface area contributed by atoms with E-state index < -0.39 is 63.5 Å². The molecule has 2 N–H and O–H groups in total. The first kappa shape index (κ1) is 39.6. The number of esters is 2. The number of hydrogen-bond donors (Lipinski definition) is 2. The topological polar surface area (TPSA) is 186 Å². The van der Waals surface area contributed by atoms with Gasteiger partial charge >= 0.3 is 11.9 Å². The van der Waals surface area contributed by atoms with Crippen LogP contribution in [0.25, 0.3) is 0 Å². The average molecular weight is 707 g/mol. The molecule has 15 heteroatoms. The molecular weight excluding hydrogens is 656 g/mol. The van der Waals surface area contributed by atoms with E-state index in [0.29, 0.717) is 18.7 Å². The summed E-state index contributed by atoms with van der Waals surface area (Å²) in [5.74, 6) is -3.77. The van der Waals surface area contributed by atoms with Gasteiger partial charge in [-0.05, 0) is 44.5 Å². The molecule has 14 nitrogen and oxygen atoms in total. The van der Waals surface area contributed by atoms with E-state index in [-0.39, 0.29) is 61.8 Å². The van der Waals surface area contributed by atoms with Crippen LogP contribution in [0.2, 0.25) is 0 Å². The van der Waals surface area contributed by atoms with Gasteiger partial charge in [-0.1, -0.05) is 58.4 Å². The number of nitrogens with one attached hydrogen (secondary N) is 1. The summed E-state index contributed by atoms with van der Waals surface area (Å²) >= 11 is 0. The quantitative estimate of drug-likeness (QED) is 0.393. The maximum absolute atomic E-state index is 14.0. The third-order valence-electron chi connectivity index (χ3n) is 8.58. The molecule has 0 aliphatic carbocycles. The second-order valence-corrected chi connectivity index (χ2v) is 15.0. The highest BCUT2D eigenvalue weighted by molar-refractivity contribution is 7.92. The smallest absolute Gasteiger partial charge is 0.330 e. The number of nitrogens with zero attached hydrogens (tertiary/aromatic N) is 3. The van der Waals surface area contributed by atoms with Gasteiger partial charge < -0.3 is 34.1 Å². The van der Waals surface area contributed by atoms with E-state index in [1.54, 1.807) is 32.1 Å². The number of aliphatic hydroxyl groups is 1. The number of cyclic esters (lactones) is 2. The van der Waals surface area contributed by atoms with Crippen molar-refractivity contribution in [1.29, 1.82) is 0 Å². The summed E-state index contributed by atoms with van der Waals surface area (Å²) in [5, 5.41) is 11.8. The Bertz CT molecular complexity index is 1510. The van der Waals surface area contributed by atoms with Crippen molar-refractivity contribution in [2.24, 2.45) is 11.8 Å². The Morgan fingerprint density at radius 1 is 1.14 bits per heavy atom. The largest absolute Gasteiger partial charge is 0.462 e. The number of rotatable bonds is 7. The van der Waals surface area contributed by atoms with Gasteiger partial charge in [0.15, 0.2) is 15.5 Å². The molecule has 0 spiro atoms. The second kappa shape index (κ2) is 18.3. The van der Waals surface area contributed by atoms with Crippen LogP contribution < -0.4 is 5.32 Å². The van der Waals surface area contributed by atoms with Crippen molar-refractivity contribution < 1.29 is 46.6 Å². The molecular formula is C34H50N4O10S. The van der Waals surface area contributed by atoms with Gasteiger partial charge in [-0.2, -0.15) is 0 Å². The first-order valence-electron chi connectivity index (χ1n) is 16.7. The summed E-state index contributed by atoms with van der Waals surface area (Å²) in [5.41, 5.74) is 0.456. The van der Waals surface area contributed by atoms with Crippen molar-refractivity contribution >= 4 is 33.6 Å². The monoisotopic (exact) mass is 706 g/mol. The summed E-state index contributed by atoms with van der Waals surface area (Å²) in [4.78, 5) is 60.0. The van der Waals surface area contributed by atoms with Gasteiger partial charge in [-0.15, -0.1) is 0 Å². The Hall–Kier alpha value is -3.82. The molecule has 0 unspecified atom stereocenters. The number of aliphatic hydroxyl groups excluding tert-OH is 1. The SMILES string of the molecule is CCN(CC)CCS(=O)(=O)[C@@H]1CCN2C(=O)c3coc(n3)CC(=O)OC[C@H](O)/C=C(C)/C=C/CNC(=O)/C=C/[C@@H](C)[C@@H](C(C)C)OC(=O)[C@@H]12. The number of sulfone groups is 1. The van der Waals surface area contributed by atoms with Crippen molar-refractivity contribution in [2.45, 2.75) is 77.9 Å². The second-order valence-electron chi connectivity index (χ2n) is 12.6. The zero-order valence-electron chi connectivity index (χ0n) is 29.2. The van der Waals surface area contributed by atoms with E-state index in [0.717, 1.165) is 11.2 Å². The predicted molar refractivity (Wildman–Crippen MR) is 181 cm³/mol. The Balaban J connectivity index is 1.98. The maximum atomic E-state index is 14.0. The number of carbonyl (C=O) groups is 4. The third kappa shape index (κ3) is 11.4. The molecule has 0 aromatic carbocycles. The fourth-order valence-electron chi connectivity index (χ4n) is 5.86. The molecule has 49 heavy (non-hydrogen) atoms. The van der Waals surface area contributed by atoms with Crippen LogP contribution >= 0.6 is 0 Å². The highest BCUT2D eigenvalue weighted by atomic mass is 32.2. The fraction of sp³-hybridized carbons (Fsp3) is 0.618. The van der Waals surface area contributed by atoms with Gasteiger partial charge in [-0.25, -0.2) is 18.2 Å². The summed E-state index contributed by atoms with van der Waals surface area (Å²) in [7, 11) is -3.89. The van der Waals surface area contributed by atoms with Gasteiger partial charge in [0, 0.05) is 25.6 Å². The Morgan fingerprint density at radius 2 is 1.86 bits per heavy atom. The lowest BCUT2D eigenvalue weighted by atomic mass is 9.94. The van der Waals surface area contributed by atoms with E-state index >= 15 is 0 Å². The molecule has 1 fully saturated rings. The number of hydrogen-bond acceptors (Lipinski definition) is 12. The minimum Gasteiger partial charge on any atom is -0.462 e. The number of carbonyl (C=O) groups excluding carboxylic acids is 4. The number of aromatic nitrogens is 1. The van der Waals surface area contributed by atoms with Gasteiger partial charge in [0.05, 0.1) is 11.0 Å². The van der Waals surface area contributed by atoms with E-state index in [9.17, 15) is 32.7 Å². The lowest BCUT2D eigenvalue weighted by Gasteiger charge is -2.31. The summed E-state index contributed by atoms with van der Waals surface area (Å²) in [6.45, 7) is 12.4. The van der Waals surface area contributed by atoms with Crippen LogP contribution in [0.5, 0.6) is 0 Å². The van der Waals surface area contributed by atoms with E-state index in [1.165, 1.54) is 12.2 Å². The van der Waals surface area contributed by atoms with Crippen molar-refractivity contribution in [2.75, 3.05) is 45.1 Å². The van der Waals surface area contributed by atoms with Crippen LogP contribution in [0.15, 0.2) is 46.6 Å². The number of oxazole rings is 1. The van der Waals surface area contributed by atoms with Crippen LogP contribution in [-0.4, -0.2) is 121 Å². The zero-order chi connectivity index (χ0) is 36.3. The van der Waals surface area contributed by atoms with Gasteiger partial charge in [0.25, 0.3) is 5.91 Å². The van der Waals surface area contributed by atoms with Crippen molar-refractivity contribution in [3.05, 3.63) is 53.8 Å². The molecule has 2 amide bonds. The average Bonchev–Trinajstić information content (AvgIpc) is 3.71. The molecule has 1 aromatic rings. The first-order valence-corrected chi connectivity index (χ1v) is 18.4. The summed E-state index contributed by atoms with van der Waals surface area (Å²) in [6.07, 6.45) is 6.60. The zero-order valence-corrected chi connectivity index (χ0v) is 30.0. The molecule has 2 aliphatic heterocycles. The van der Waals surface area contributed by atoms with E-state index in [4.69, 9.17) is 13.9 Å². The highest BCUT2D eigenvalue weighted by Gasteiger charge is 2.50. The third-order valence-corrected chi connectivity index (χ3v) is 10.8. The standard InChI is InChI=1S/C34H50N4O10S/c1-7-37(8-2)16-17-49(44,45)27-13-15-38-31(27)34(43)48-32(22(3)4)24(6)11-12-28(40)35-14-9-10-23(5)18-25(39)20-47-30(41)19-29-36-26(21-46-29)33(38)42/h9-12,18,21-22,24-25,27,31-32,39H,7-8,13-17,19-20H2,1-6H3,(H,35,40)/b10-9+,12-11+,23-18+/t24-,25-,27-,31-,32-/m1/s1. The van der Waals surface area contributed by atoms with Crippen LogP contribution in [-0.2, 0) is 40.1 Å². The van der Waals surface area contributed by atoms with Crippen LogP contribution in [0, 0.1) is 11.8 Å². The normalized spacial score (nSPS) is 27.8. The Kier molecular flexibility index (Phi) is 14.8. The summed E-state index contributed by atoms with van der Waals surface area (Å²) < 4.78 is 44.0. The van der Waals surface area contributed by atoms with Gasteiger partial charge in [0.1, 0.15) is 37.5 Å². The number of ether oxygens (including phenoxy) is 2. The van der Waals surface area contributed by atoms with Crippen molar-refractivity contribution in [1.82, 2.24) is 20.1 Å².